The number of aliphatic hydroxyl groups excluding tert-OH is 1. The number of benzene rings is 2. The van der Waals surface area contributed by atoms with Crippen molar-refractivity contribution in [3.05, 3.63) is 64.2 Å². The van der Waals surface area contributed by atoms with Gasteiger partial charge < -0.3 is 15.7 Å². The van der Waals surface area contributed by atoms with Crippen LogP contribution in [0.2, 0.25) is 0 Å². The lowest BCUT2D eigenvalue weighted by atomic mass is 10.1. The summed E-state index contributed by atoms with van der Waals surface area (Å²) in [4.78, 5) is 21.9. The molecule has 0 bridgehead atoms. The van der Waals surface area contributed by atoms with E-state index in [4.69, 9.17) is 5.11 Å². The van der Waals surface area contributed by atoms with E-state index in [9.17, 15) is 14.9 Å². The second kappa shape index (κ2) is 7.19. The van der Waals surface area contributed by atoms with Crippen LogP contribution in [0.1, 0.15) is 5.56 Å². The number of carbonyl (C=O) groups is 1. The zero-order chi connectivity index (χ0) is 15.9. The predicted molar refractivity (Wildman–Crippen MR) is 83.0 cm³/mol. The summed E-state index contributed by atoms with van der Waals surface area (Å²) in [5.41, 5.74) is 2.01. The Morgan fingerprint density at radius 1 is 1.00 bits per heavy atom. The number of hydrogen-bond donors (Lipinski definition) is 3. The van der Waals surface area contributed by atoms with Gasteiger partial charge in [-0.2, -0.15) is 0 Å². The lowest BCUT2D eigenvalue weighted by molar-refractivity contribution is -0.384. The Bertz CT molecular complexity index is 653. The van der Waals surface area contributed by atoms with Gasteiger partial charge in [0.2, 0.25) is 0 Å². The first-order chi connectivity index (χ1) is 10.6. The van der Waals surface area contributed by atoms with Crippen LogP contribution < -0.4 is 10.6 Å². The zero-order valence-corrected chi connectivity index (χ0v) is 11.7. The molecule has 114 valence electrons. The molecule has 2 rings (SSSR count). The summed E-state index contributed by atoms with van der Waals surface area (Å²) in [6.07, 6.45) is 0.565. The third-order valence-electron chi connectivity index (χ3n) is 2.95. The third kappa shape index (κ3) is 4.29. The highest BCUT2D eigenvalue weighted by molar-refractivity contribution is 5.99. The van der Waals surface area contributed by atoms with Crippen LogP contribution in [-0.2, 0) is 6.42 Å². The monoisotopic (exact) mass is 301 g/mol. The van der Waals surface area contributed by atoms with Gasteiger partial charge in [-0.1, -0.05) is 12.1 Å². The van der Waals surface area contributed by atoms with Gasteiger partial charge in [-0.3, -0.25) is 10.1 Å². The zero-order valence-electron chi connectivity index (χ0n) is 11.7. The maximum atomic E-state index is 11.8. The van der Waals surface area contributed by atoms with E-state index in [-0.39, 0.29) is 12.3 Å². The standard InChI is InChI=1S/C15H15N3O4/c19-10-9-11-1-3-12(4-2-11)16-15(20)17-13-5-7-14(8-6-13)18(21)22/h1-8,19H,9-10H2,(H2,16,17,20). The van der Waals surface area contributed by atoms with E-state index in [0.717, 1.165) is 5.56 Å². The number of non-ortho nitro benzene ring substituents is 1. The highest BCUT2D eigenvalue weighted by atomic mass is 16.6. The number of nitrogens with zero attached hydrogens (tertiary/aromatic N) is 1. The van der Waals surface area contributed by atoms with Gasteiger partial charge in [0.25, 0.3) is 5.69 Å². The van der Waals surface area contributed by atoms with Crippen molar-refractivity contribution in [3.63, 3.8) is 0 Å². The maximum Gasteiger partial charge on any atom is 0.323 e. The maximum absolute atomic E-state index is 11.8. The molecule has 22 heavy (non-hydrogen) atoms. The van der Waals surface area contributed by atoms with Gasteiger partial charge in [0.05, 0.1) is 4.92 Å². The van der Waals surface area contributed by atoms with Gasteiger partial charge >= 0.3 is 6.03 Å². The highest BCUT2D eigenvalue weighted by Crippen LogP contribution is 2.16. The molecule has 0 atom stereocenters. The SMILES string of the molecule is O=C(Nc1ccc(CCO)cc1)Nc1ccc([N+](=O)[O-])cc1. The number of aliphatic hydroxyl groups is 1. The molecule has 0 aromatic heterocycles. The van der Waals surface area contributed by atoms with Crippen LogP contribution in [0.4, 0.5) is 21.9 Å². The largest absolute Gasteiger partial charge is 0.396 e. The van der Waals surface area contributed by atoms with Crippen molar-refractivity contribution in [1.29, 1.82) is 0 Å². The number of rotatable bonds is 5. The Labute approximate surface area is 126 Å². The molecule has 0 aliphatic heterocycles. The summed E-state index contributed by atoms with van der Waals surface area (Å²) < 4.78 is 0. The van der Waals surface area contributed by atoms with Crippen LogP contribution in [0.5, 0.6) is 0 Å². The number of anilines is 2. The normalized spacial score (nSPS) is 10.0. The Hall–Kier alpha value is -2.93. The predicted octanol–water partition coefficient (Wildman–Crippen LogP) is 2.77. The summed E-state index contributed by atoms with van der Waals surface area (Å²) in [5, 5.41) is 24.6. The van der Waals surface area contributed by atoms with Gasteiger partial charge in [0.15, 0.2) is 0 Å². The summed E-state index contributed by atoms with van der Waals surface area (Å²) in [5.74, 6) is 0. The quantitative estimate of drug-likeness (QED) is 0.583. The van der Waals surface area contributed by atoms with Crippen LogP contribution in [0.3, 0.4) is 0 Å². The molecule has 2 amide bonds. The molecule has 2 aromatic carbocycles. The Balaban J connectivity index is 1.93. The molecule has 7 nitrogen and oxygen atoms in total. The summed E-state index contributed by atoms with van der Waals surface area (Å²) >= 11 is 0. The smallest absolute Gasteiger partial charge is 0.323 e. The molecule has 7 heteroatoms. The number of nitrogens with one attached hydrogen (secondary N) is 2. The van der Waals surface area contributed by atoms with Gasteiger partial charge in [0, 0.05) is 30.1 Å². The molecular weight excluding hydrogens is 286 g/mol. The molecule has 0 unspecified atom stereocenters. The average molecular weight is 301 g/mol. The first-order valence-corrected chi connectivity index (χ1v) is 6.61. The van der Waals surface area contributed by atoms with Gasteiger partial charge in [-0.15, -0.1) is 0 Å². The summed E-state index contributed by atoms with van der Waals surface area (Å²) in [7, 11) is 0. The Morgan fingerprint density at radius 2 is 1.50 bits per heavy atom. The van der Waals surface area contributed by atoms with E-state index in [1.165, 1.54) is 24.3 Å². The van der Waals surface area contributed by atoms with Crippen molar-refractivity contribution in [1.82, 2.24) is 0 Å². The van der Waals surface area contributed by atoms with Crippen molar-refractivity contribution in [2.24, 2.45) is 0 Å². The van der Waals surface area contributed by atoms with Gasteiger partial charge in [-0.25, -0.2) is 4.79 Å². The van der Waals surface area contributed by atoms with Gasteiger partial charge in [0.1, 0.15) is 0 Å². The first kappa shape index (κ1) is 15.5. The first-order valence-electron chi connectivity index (χ1n) is 6.61. The Morgan fingerprint density at radius 3 is 1.95 bits per heavy atom. The van der Waals surface area contributed by atoms with Gasteiger partial charge in [-0.05, 0) is 36.2 Å². The lowest BCUT2D eigenvalue weighted by Gasteiger charge is -2.08. The van der Waals surface area contributed by atoms with Crippen LogP contribution in [-0.4, -0.2) is 22.7 Å². The molecule has 0 fully saturated rings. The number of carbonyl (C=O) groups excluding carboxylic acids is 1. The van der Waals surface area contributed by atoms with Crippen molar-refractivity contribution in [2.45, 2.75) is 6.42 Å². The number of amides is 2. The molecule has 0 aliphatic rings. The molecule has 0 saturated heterocycles. The fourth-order valence-electron chi connectivity index (χ4n) is 1.84. The van der Waals surface area contributed by atoms with Crippen molar-refractivity contribution in [2.75, 3.05) is 17.2 Å². The van der Waals surface area contributed by atoms with Crippen molar-refractivity contribution in [3.8, 4) is 0 Å². The third-order valence-corrected chi connectivity index (χ3v) is 2.95. The second-order valence-electron chi connectivity index (χ2n) is 4.55. The van der Waals surface area contributed by atoms with E-state index in [0.29, 0.717) is 17.8 Å². The number of urea groups is 1. The molecular formula is C15H15N3O4. The number of nitro benzene ring substituents is 1. The molecule has 0 spiro atoms. The minimum Gasteiger partial charge on any atom is -0.396 e. The minimum atomic E-state index is -0.502. The fraction of sp³-hybridized carbons (Fsp3) is 0.133. The second-order valence-corrected chi connectivity index (χ2v) is 4.55. The Kier molecular flexibility index (Phi) is 5.05. The topological polar surface area (TPSA) is 104 Å². The van der Waals surface area contributed by atoms with E-state index < -0.39 is 11.0 Å². The number of hydrogen-bond acceptors (Lipinski definition) is 4. The number of nitro groups is 1. The minimum absolute atomic E-state index is 0.0366. The molecule has 0 heterocycles. The van der Waals surface area contributed by atoms with Crippen LogP contribution in [0, 0.1) is 10.1 Å². The molecule has 0 saturated carbocycles. The lowest BCUT2D eigenvalue weighted by Crippen LogP contribution is -2.19. The average Bonchev–Trinajstić information content (AvgIpc) is 2.50. The molecule has 2 aromatic rings. The molecule has 3 N–H and O–H groups in total. The van der Waals surface area contributed by atoms with E-state index in [1.54, 1.807) is 12.1 Å². The van der Waals surface area contributed by atoms with E-state index in [1.807, 2.05) is 12.1 Å². The van der Waals surface area contributed by atoms with Crippen molar-refractivity contribution < 1.29 is 14.8 Å². The van der Waals surface area contributed by atoms with Crippen LogP contribution in [0.15, 0.2) is 48.5 Å². The van der Waals surface area contributed by atoms with Crippen LogP contribution >= 0.6 is 0 Å². The molecule has 0 aliphatic carbocycles. The van der Waals surface area contributed by atoms with E-state index in [2.05, 4.69) is 10.6 Å². The summed E-state index contributed by atoms with van der Waals surface area (Å²) in [6.45, 7) is 0.0768. The van der Waals surface area contributed by atoms with Crippen LogP contribution in [0.25, 0.3) is 0 Å². The van der Waals surface area contributed by atoms with Crippen molar-refractivity contribution >= 4 is 23.1 Å². The fourth-order valence-corrected chi connectivity index (χ4v) is 1.84. The summed E-state index contributed by atoms with van der Waals surface area (Å²) in [6, 6.07) is 12.2. The highest BCUT2D eigenvalue weighted by Gasteiger charge is 2.06. The molecule has 0 radical (unpaired) electrons. The van der Waals surface area contributed by atoms with E-state index >= 15 is 0 Å².